The maximum atomic E-state index is 11.2. The molecule has 0 bridgehead atoms. The Balaban J connectivity index is 3.54. The highest BCUT2D eigenvalue weighted by molar-refractivity contribution is 7.90. The molecule has 0 atom stereocenters. The summed E-state index contributed by atoms with van der Waals surface area (Å²) in [6, 6.07) is 0. The third-order valence-corrected chi connectivity index (χ3v) is 2.54. The molecule has 0 aromatic carbocycles. The van der Waals surface area contributed by atoms with E-state index in [0.717, 1.165) is 12.5 Å². The van der Waals surface area contributed by atoms with E-state index < -0.39 is 20.8 Å². The zero-order chi connectivity index (χ0) is 10.9. The minimum atomic E-state index is -3.64. The van der Waals surface area contributed by atoms with E-state index >= 15 is 0 Å². The number of sulfone groups is 1. The third-order valence-electron chi connectivity index (χ3n) is 1.34. The first kappa shape index (κ1) is 10.9. The fraction of sp³-hybridized carbons (Fsp3) is 0.167. The molecule has 1 rings (SSSR count). The number of nitrogens with two attached hydrogens (primary N) is 1. The van der Waals surface area contributed by atoms with E-state index in [0.29, 0.717) is 0 Å². The van der Waals surface area contributed by atoms with Gasteiger partial charge >= 0.3 is 0 Å². The van der Waals surface area contributed by atoms with Crippen LogP contribution in [0.2, 0.25) is 5.28 Å². The van der Waals surface area contributed by atoms with Crippen LogP contribution < -0.4 is 5.73 Å². The number of hydrogen-bond acceptors (Lipinski definition) is 5. The van der Waals surface area contributed by atoms with Gasteiger partial charge in [0, 0.05) is 12.5 Å². The van der Waals surface area contributed by atoms with Crippen LogP contribution in [0.25, 0.3) is 0 Å². The van der Waals surface area contributed by atoms with Gasteiger partial charge in [-0.25, -0.2) is 18.4 Å². The molecule has 8 heteroatoms. The Kier molecular flexibility index (Phi) is 2.72. The molecule has 1 heterocycles. The minimum absolute atomic E-state index is 0.254. The van der Waals surface area contributed by atoms with Crippen LogP contribution in [0.5, 0.6) is 0 Å². The summed E-state index contributed by atoms with van der Waals surface area (Å²) in [7, 11) is -3.64. The molecule has 0 unspecified atom stereocenters. The van der Waals surface area contributed by atoms with E-state index in [1.165, 1.54) is 0 Å². The summed E-state index contributed by atoms with van der Waals surface area (Å²) in [5.74, 6) is -0.915. The van der Waals surface area contributed by atoms with Gasteiger partial charge in [-0.1, -0.05) is 0 Å². The highest BCUT2D eigenvalue weighted by atomic mass is 35.5. The summed E-state index contributed by atoms with van der Waals surface area (Å²) in [6.45, 7) is 0. The molecule has 0 saturated heterocycles. The Hall–Kier alpha value is -1.21. The van der Waals surface area contributed by atoms with Gasteiger partial charge in [0.2, 0.25) is 5.28 Å². The topological polar surface area (TPSA) is 103 Å². The van der Waals surface area contributed by atoms with Gasteiger partial charge in [-0.2, -0.15) is 0 Å². The van der Waals surface area contributed by atoms with Gasteiger partial charge in [-0.15, -0.1) is 0 Å². The second kappa shape index (κ2) is 3.50. The van der Waals surface area contributed by atoms with Crippen molar-refractivity contribution < 1.29 is 13.2 Å². The smallest absolute Gasteiger partial charge is 0.253 e. The molecule has 0 aliphatic carbocycles. The summed E-state index contributed by atoms with van der Waals surface area (Å²) < 4.78 is 22.3. The summed E-state index contributed by atoms with van der Waals surface area (Å²) in [5.41, 5.74) is 4.67. The molecule has 14 heavy (non-hydrogen) atoms. The fourth-order valence-corrected chi connectivity index (χ4v) is 1.79. The Morgan fingerprint density at radius 2 is 2.14 bits per heavy atom. The fourth-order valence-electron chi connectivity index (χ4n) is 0.798. The van der Waals surface area contributed by atoms with Crippen LogP contribution in [-0.4, -0.2) is 30.5 Å². The van der Waals surface area contributed by atoms with Crippen molar-refractivity contribution in [3.8, 4) is 0 Å². The Bertz CT molecular complexity index is 485. The van der Waals surface area contributed by atoms with Crippen LogP contribution in [-0.2, 0) is 9.84 Å². The molecule has 6 nitrogen and oxygen atoms in total. The van der Waals surface area contributed by atoms with E-state index in [1.54, 1.807) is 0 Å². The van der Waals surface area contributed by atoms with Gasteiger partial charge in [-0.05, 0) is 11.6 Å². The van der Waals surface area contributed by atoms with Crippen LogP contribution in [0.15, 0.2) is 11.2 Å². The maximum absolute atomic E-state index is 11.2. The molecule has 2 N–H and O–H groups in total. The van der Waals surface area contributed by atoms with Crippen molar-refractivity contribution in [3.05, 3.63) is 17.0 Å². The van der Waals surface area contributed by atoms with Crippen LogP contribution in [0.1, 0.15) is 10.4 Å². The van der Waals surface area contributed by atoms with Gasteiger partial charge in [0.1, 0.15) is 0 Å². The van der Waals surface area contributed by atoms with Crippen molar-refractivity contribution in [2.75, 3.05) is 6.26 Å². The second-order valence-electron chi connectivity index (χ2n) is 2.49. The Labute approximate surface area is 85.0 Å². The molecule has 0 fully saturated rings. The predicted octanol–water partition coefficient (Wildman–Crippen LogP) is -0.368. The first-order chi connectivity index (χ1) is 6.32. The van der Waals surface area contributed by atoms with Crippen molar-refractivity contribution in [2.24, 2.45) is 5.73 Å². The normalized spacial score (nSPS) is 11.3. The lowest BCUT2D eigenvalue weighted by atomic mass is 10.3. The molecule has 76 valence electrons. The van der Waals surface area contributed by atoms with E-state index in [1.807, 2.05) is 0 Å². The highest BCUT2D eigenvalue weighted by Gasteiger charge is 2.19. The molecular formula is C6H6ClN3O3S. The number of hydrogen-bond donors (Lipinski definition) is 1. The third kappa shape index (κ3) is 2.18. The van der Waals surface area contributed by atoms with Crippen molar-refractivity contribution >= 4 is 27.3 Å². The number of carbonyl (C=O) groups excluding carboxylic acids is 1. The van der Waals surface area contributed by atoms with E-state index in [4.69, 9.17) is 17.3 Å². The van der Waals surface area contributed by atoms with E-state index in [2.05, 4.69) is 9.97 Å². The van der Waals surface area contributed by atoms with E-state index in [9.17, 15) is 13.2 Å². The van der Waals surface area contributed by atoms with Crippen LogP contribution in [0.3, 0.4) is 0 Å². The molecule has 1 aromatic rings. The number of amides is 1. The van der Waals surface area contributed by atoms with Crippen molar-refractivity contribution in [2.45, 2.75) is 5.03 Å². The lowest BCUT2D eigenvalue weighted by molar-refractivity contribution is 0.0996. The first-order valence-electron chi connectivity index (χ1n) is 3.35. The number of nitrogens with zero attached hydrogens (tertiary/aromatic N) is 2. The number of carbonyl (C=O) groups is 1. The standard InChI is InChI=1S/C6H6ClN3O3S/c1-14(12,13)5-3(4(8)11)2-9-6(7)10-5/h2H,1H3,(H2,8,11). The predicted molar refractivity (Wildman–Crippen MR) is 48.7 cm³/mol. The second-order valence-corrected chi connectivity index (χ2v) is 4.76. The van der Waals surface area contributed by atoms with Crippen LogP contribution in [0, 0.1) is 0 Å². The van der Waals surface area contributed by atoms with Crippen molar-refractivity contribution in [1.82, 2.24) is 9.97 Å². The lowest BCUT2D eigenvalue weighted by Gasteiger charge is -2.02. The average molecular weight is 236 g/mol. The molecule has 0 radical (unpaired) electrons. The van der Waals surface area contributed by atoms with E-state index in [-0.39, 0.29) is 10.8 Å². The Morgan fingerprint density at radius 1 is 1.57 bits per heavy atom. The highest BCUT2D eigenvalue weighted by Crippen LogP contribution is 2.13. The Morgan fingerprint density at radius 3 is 2.57 bits per heavy atom. The van der Waals surface area contributed by atoms with Crippen molar-refractivity contribution in [3.63, 3.8) is 0 Å². The summed E-state index contributed by atoms with van der Waals surface area (Å²) in [5, 5.41) is -0.708. The minimum Gasteiger partial charge on any atom is -0.365 e. The average Bonchev–Trinajstić information content (AvgIpc) is 2.01. The molecular weight excluding hydrogens is 230 g/mol. The monoisotopic (exact) mass is 235 g/mol. The van der Waals surface area contributed by atoms with Crippen LogP contribution in [0.4, 0.5) is 0 Å². The van der Waals surface area contributed by atoms with Gasteiger partial charge in [-0.3, -0.25) is 4.79 Å². The zero-order valence-corrected chi connectivity index (χ0v) is 8.63. The molecule has 1 amide bonds. The maximum Gasteiger partial charge on any atom is 0.253 e. The first-order valence-corrected chi connectivity index (χ1v) is 5.61. The lowest BCUT2D eigenvalue weighted by Crippen LogP contribution is -2.17. The van der Waals surface area contributed by atoms with Gasteiger partial charge in [0.15, 0.2) is 14.9 Å². The number of halogens is 1. The van der Waals surface area contributed by atoms with Crippen LogP contribution >= 0.6 is 11.6 Å². The quantitative estimate of drug-likeness (QED) is 0.557. The molecule has 0 spiro atoms. The summed E-state index contributed by atoms with van der Waals surface area (Å²) >= 11 is 5.39. The number of aromatic nitrogens is 2. The largest absolute Gasteiger partial charge is 0.365 e. The SMILES string of the molecule is CS(=O)(=O)c1nc(Cl)ncc1C(N)=O. The van der Waals surface area contributed by atoms with Crippen molar-refractivity contribution in [1.29, 1.82) is 0 Å². The molecule has 0 aliphatic rings. The number of primary amides is 1. The molecule has 1 aromatic heterocycles. The van der Waals surface area contributed by atoms with Gasteiger partial charge in [0.25, 0.3) is 5.91 Å². The van der Waals surface area contributed by atoms with Gasteiger partial charge in [0.05, 0.1) is 5.56 Å². The van der Waals surface area contributed by atoms with Gasteiger partial charge < -0.3 is 5.73 Å². The zero-order valence-electron chi connectivity index (χ0n) is 7.06. The molecule has 0 saturated carbocycles. The summed E-state index contributed by atoms with van der Waals surface area (Å²) in [6.07, 6.45) is 1.88. The molecule has 0 aliphatic heterocycles. The number of rotatable bonds is 2. The summed E-state index contributed by atoms with van der Waals surface area (Å²) in [4.78, 5) is 17.7.